The van der Waals surface area contributed by atoms with E-state index in [-0.39, 0.29) is 5.92 Å². The van der Waals surface area contributed by atoms with Gasteiger partial charge in [-0.05, 0) is 36.8 Å². The molecule has 0 aliphatic carbocycles. The number of aryl methyl sites for hydroxylation is 1. The Hall–Kier alpha value is -0.820. The molecule has 0 saturated carbocycles. The van der Waals surface area contributed by atoms with Crippen LogP contribution in [0.4, 0.5) is 0 Å². The summed E-state index contributed by atoms with van der Waals surface area (Å²) in [6.45, 7) is 8.19. The minimum Gasteiger partial charge on any atom is -0.385 e. The molecule has 1 aromatic rings. The molecular formula is C15H24O. The molecule has 1 N–H and O–H groups in total. The van der Waals surface area contributed by atoms with Gasteiger partial charge in [-0.2, -0.15) is 0 Å². The van der Waals surface area contributed by atoms with Gasteiger partial charge in [-0.1, -0.05) is 51.5 Å². The van der Waals surface area contributed by atoms with E-state index in [4.69, 9.17) is 0 Å². The molecule has 1 heteroatoms. The van der Waals surface area contributed by atoms with Crippen molar-refractivity contribution in [3.05, 3.63) is 35.4 Å². The van der Waals surface area contributed by atoms with Gasteiger partial charge in [-0.25, -0.2) is 0 Å². The molecule has 1 rings (SSSR count). The zero-order valence-corrected chi connectivity index (χ0v) is 11.0. The van der Waals surface area contributed by atoms with Crippen LogP contribution in [0.2, 0.25) is 0 Å². The summed E-state index contributed by atoms with van der Waals surface area (Å²) in [4.78, 5) is 0. The first kappa shape index (κ1) is 13.2. The second-order valence-corrected chi connectivity index (χ2v) is 5.10. The van der Waals surface area contributed by atoms with Gasteiger partial charge in [-0.15, -0.1) is 0 Å². The van der Waals surface area contributed by atoms with Crippen LogP contribution in [0.3, 0.4) is 0 Å². The minimum absolute atomic E-state index is 0.231. The summed E-state index contributed by atoms with van der Waals surface area (Å²) in [5.41, 5.74) is 1.66. The lowest BCUT2D eigenvalue weighted by atomic mass is 9.85. The fourth-order valence-electron chi connectivity index (χ4n) is 1.72. The first-order valence-electron chi connectivity index (χ1n) is 6.30. The zero-order valence-electron chi connectivity index (χ0n) is 11.0. The lowest BCUT2D eigenvalue weighted by Crippen LogP contribution is -2.27. The molecule has 1 atom stereocenters. The van der Waals surface area contributed by atoms with Gasteiger partial charge in [0.2, 0.25) is 0 Å². The van der Waals surface area contributed by atoms with Crippen molar-refractivity contribution in [1.29, 1.82) is 0 Å². The highest BCUT2D eigenvalue weighted by molar-refractivity contribution is 5.27. The van der Waals surface area contributed by atoms with E-state index in [0.717, 1.165) is 12.0 Å². The smallest absolute Gasteiger partial charge is 0.0891 e. The maximum atomic E-state index is 10.3. The molecular weight excluding hydrogens is 196 g/mol. The highest BCUT2D eigenvalue weighted by Crippen LogP contribution is 2.28. The van der Waals surface area contributed by atoms with Gasteiger partial charge in [0.1, 0.15) is 0 Å². The van der Waals surface area contributed by atoms with Crippen molar-refractivity contribution in [2.24, 2.45) is 5.92 Å². The number of aliphatic hydroxyl groups is 1. The van der Waals surface area contributed by atoms with Crippen molar-refractivity contribution < 1.29 is 5.11 Å². The average molecular weight is 220 g/mol. The third kappa shape index (κ3) is 3.08. The van der Waals surface area contributed by atoms with Gasteiger partial charge in [0, 0.05) is 0 Å². The van der Waals surface area contributed by atoms with Crippen molar-refractivity contribution in [2.45, 2.75) is 52.6 Å². The molecule has 1 aromatic carbocycles. The number of unbranched alkanes of at least 4 members (excludes halogenated alkanes) is 1. The van der Waals surface area contributed by atoms with E-state index < -0.39 is 5.60 Å². The highest BCUT2D eigenvalue weighted by atomic mass is 16.3. The van der Waals surface area contributed by atoms with E-state index in [1.165, 1.54) is 18.4 Å². The third-order valence-electron chi connectivity index (χ3n) is 3.48. The quantitative estimate of drug-likeness (QED) is 0.798. The van der Waals surface area contributed by atoms with Gasteiger partial charge in [0.05, 0.1) is 5.60 Å². The average Bonchev–Trinajstić information content (AvgIpc) is 2.26. The summed E-state index contributed by atoms with van der Waals surface area (Å²) in [5, 5.41) is 10.3. The van der Waals surface area contributed by atoms with Crippen LogP contribution in [0.25, 0.3) is 0 Å². The number of rotatable bonds is 5. The summed E-state index contributed by atoms with van der Waals surface area (Å²) in [6, 6.07) is 8.40. The lowest BCUT2D eigenvalue weighted by molar-refractivity contribution is 0.00904. The van der Waals surface area contributed by atoms with Gasteiger partial charge in [-0.3, -0.25) is 0 Å². The zero-order chi connectivity index (χ0) is 12.2. The second kappa shape index (κ2) is 5.49. The fraction of sp³-hybridized carbons (Fsp3) is 0.600. The molecule has 0 bridgehead atoms. The van der Waals surface area contributed by atoms with Gasteiger partial charge < -0.3 is 5.11 Å². The van der Waals surface area contributed by atoms with Crippen LogP contribution in [0, 0.1) is 5.92 Å². The summed E-state index contributed by atoms with van der Waals surface area (Å²) in [7, 11) is 0. The number of hydrogen-bond acceptors (Lipinski definition) is 1. The highest BCUT2D eigenvalue weighted by Gasteiger charge is 2.26. The SMILES string of the molecule is CCCCc1ccc(C(C)(O)C(C)C)cc1. The van der Waals surface area contributed by atoms with Crippen LogP contribution in [-0.4, -0.2) is 5.11 Å². The van der Waals surface area contributed by atoms with Gasteiger partial charge in [0.25, 0.3) is 0 Å². The van der Waals surface area contributed by atoms with Crippen LogP contribution in [0.5, 0.6) is 0 Å². The van der Waals surface area contributed by atoms with E-state index in [1.54, 1.807) is 0 Å². The van der Waals surface area contributed by atoms with E-state index in [0.29, 0.717) is 0 Å². The maximum Gasteiger partial charge on any atom is 0.0891 e. The topological polar surface area (TPSA) is 20.2 Å². The van der Waals surface area contributed by atoms with Crippen LogP contribution in [0.1, 0.15) is 51.7 Å². The molecule has 90 valence electrons. The Labute approximate surface area is 99.5 Å². The Kier molecular flexibility index (Phi) is 4.55. The van der Waals surface area contributed by atoms with E-state index in [9.17, 15) is 5.11 Å². The largest absolute Gasteiger partial charge is 0.385 e. The third-order valence-corrected chi connectivity index (χ3v) is 3.48. The maximum absolute atomic E-state index is 10.3. The van der Waals surface area contributed by atoms with Crippen molar-refractivity contribution in [2.75, 3.05) is 0 Å². The monoisotopic (exact) mass is 220 g/mol. The van der Waals surface area contributed by atoms with Crippen LogP contribution < -0.4 is 0 Å². The molecule has 0 aromatic heterocycles. The van der Waals surface area contributed by atoms with Crippen molar-refractivity contribution in [1.82, 2.24) is 0 Å². The van der Waals surface area contributed by atoms with E-state index >= 15 is 0 Å². The molecule has 0 aliphatic rings. The summed E-state index contributed by atoms with van der Waals surface area (Å²) >= 11 is 0. The number of hydrogen-bond donors (Lipinski definition) is 1. The molecule has 0 amide bonds. The summed E-state index contributed by atoms with van der Waals surface area (Å²) in [6.07, 6.45) is 3.60. The molecule has 0 spiro atoms. The summed E-state index contributed by atoms with van der Waals surface area (Å²) in [5.74, 6) is 0.231. The lowest BCUT2D eigenvalue weighted by Gasteiger charge is -2.28. The molecule has 1 nitrogen and oxygen atoms in total. The first-order valence-corrected chi connectivity index (χ1v) is 6.30. The Morgan fingerprint density at radius 3 is 2.19 bits per heavy atom. The molecule has 0 heterocycles. The summed E-state index contributed by atoms with van der Waals surface area (Å²) < 4.78 is 0. The Morgan fingerprint density at radius 1 is 1.19 bits per heavy atom. The number of benzene rings is 1. The molecule has 16 heavy (non-hydrogen) atoms. The Balaban J connectivity index is 2.78. The van der Waals surface area contributed by atoms with Crippen molar-refractivity contribution >= 4 is 0 Å². The molecule has 0 fully saturated rings. The predicted molar refractivity (Wildman–Crippen MR) is 69.5 cm³/mol. The minimum atomic E-state index is -0.719. The molecule has 1 unspecified atom stereocenters. The van der Waals surface area contributed by atoms with Crippen LogP contribution in [0.15, 0.2) is 24.3 Å². The van der Waals surface area contributed by atoms with E-state index in [1.807, 2.05) is 20.8 Å². The van der Waals surface area contributed by atoms with Crippen molar-refractivity contribution in [3.63, 3.8) is 0 Å². The Morgan fingerprint density at radius 2 is 1.75 bits per heavy atom. The van der Waals surface area contributed by atoms with Crippen LogP contribution >= 0.6 is 0 Å². The van der Waals surface area contributed by atoms with Gasteiger partial charge >= 0.3 is 0 Å². The predicted octanol–water partition coefficient (Wildman–Crippen LogP) is 3.89. The van der Waals surface area contributed by atoms with Crippen LogP contribution in [-0.2, 0) is 12.0 Å². The second-order valence-electron chi connectivity index (χ2n) is 5.10. The fourth-order valence-corrected chi connectivity index (χ4v) is 1.72. The first-order chi connectivity index (χ1) is 7.48. The standard InChI is InChI=1S/C15H24O/c1-5-6-7-13-8-10-14(11-9-13)15(4,16)12(2)3/h8-12,16H,5-7H2,1-4H3. The Bertz CT molecular complexity index is 309. The molecule has 0 saturated heterocycles. The normalized spacial score (nSPS) is 15.1. The molecule has 0 aliphatic heterocycles. The van der Waals surface area contributed by atoms with Crippen molar-refractivity contribution in [3.8, 4) is 0 Å². The van der Waals surface area contributed by atoms with E-state index in [2.05, 4.69) is 31.2 Å². The molecule has 0 radical (unpaired) electrons. The van der Waals surface area contributed by atoms with Gasteiger partial charge in [0.15, 0.2) is 0 Å².